The van der Waals surface area contributed by atoms with Crippen molar-refractivity contribution < 1.29 is 13.2 Å². The molecule has 30 heavy (non-hydrogen) atoms. The Bertz CT molecular complexity index is 983. The van der Waals surface area contributed by atoms with Gasteiger partial charge in [-0.25, -0.2) is 8.42 Å². The van der Waals surface area contributed by atoms with Gasteiger partial charge in [-0.3, -0.25) is 4.79 Å². The fourth-order valence-electron chi connectivity index (χ4n) is 4.16. The van der Waals surface area contributed by atoms with Crippen LogP contribution in [0, 0.1) is 6.92 Å². The number of benzene rings is 2. The Morgan fingerprint density at radius 1 is 1.03 bits per heavy atom. The van der Waals surface area contributed by atoms with E-state index in [0.717, 1.165) is 29.9 Å². The van der Waals surface area contributed by atoms with E-state index in [1.54, 1.807) is 29.2 Å². The van der Waals surface area contributed by atoms with Crippen molar-refractivity contribution in [2.45, 2.75) is 51.7 Å². The third-order valence-corrected chi connectivity index (χ3v) is 7.60. The van der Waals surface area contributed by atoms with Gasteiger partial charge >= 0.3 is 0 Å². The zero-order valence-corrected chi connectivity index (χ0v) is 19.2. The standard InChI is InChI=1S/C23H31N3O3S/c1-6-24(7-2)21-12-10-20(11-13-21)23-25(16-18(4)26(23)19(5)27)30(28,29)22-14-8-17(3)9-15-22/h8-15,18,23H,6-7,16H2,1-5H3/t18-,23+/m0/s1. The molecule has 1 amide bonds. The maximum atomic E-state index is 13.5. The molecule has 0 aromatic heterocycles. The monoisotopic (exact) mass is 429 g/mol. The first-order valence-corrected chi connectivity index (χ1v) is 11.9. The van der Waals surface area contributed by atoms with Crippen LogP contribution in [0.25, 0.3) is 0 Å². The highest BCUT2D eigenvalue weighted by Crippen LogP contribution is 2.38. The summed E-state index contributed by atoms with van der Waals surface area (Å²) in [6.45, 7) is 11.6. The number of hydrogen-bond donors (Lipinski definition) is 0. The molecule has 0 unspecified atom stereocenters. The number of aryl methyl sites for hydroxylation is 1. The Hall–Kier alpha value is -2.38. The Labute approximate surface area is 180 Å². The molecule has 2 aromatic carbocycles. The van der Waals surface area contributed by atoms with Gasteiger partial charge in [0.05, 0.1) is 4.90 Å². The highest BCUT2D eigenvalue weighted by molar-refractivity contribution is 7.89. The van der Waals surface area contributed by atoms with Crippen LogP contribution in [0.3, 0.4) is 0 Å². The number of rotatable bonds is 6. The van der Waals surface area contributed by atoms with E-state index in [1.807, 2.05) is 38.1 Å². The van der Waals surface area contributed by atoms with Crippen LogP contribution in [0.5, 0.6) is 0 Å². The number of anilines is 1. The van der Waals surface area contributed by atoms with Gasteiger partial charge in [-0.05, 0) is 57.5 Å². The third kappa shape index (κ3) is 4.09. The number of sulfonamides is 1. The highest BCUT2D eigenvalue weighted by atomic mass is 32.2. The van der Waals surface area contributed by atoms with Crippen molar-refractivity contribution >= 4 is 21.6 Å². The zero-order valence-electron chi connectivity index (χ0n) is 18.4. The molecule has 7 heteroatoms. The van der Waals surface area contributed by atoms with Gasteiger partial charge in [-0.1, -0.05) is 29.8 Å². The van der Waals surface area contributed by atoms with Crippen LogP contribution >= 0.6 is 0 Å². The lowest BCUT2D eigenvalue weighted by Crippen LogP contribution is -2.38. The minimum absolute atomic E-state index is 0.137. The number of carbonyl (C=O) groups is 1. The molecule has 3 rings (SSSR count). The van der Waals surface area contributed by atoms with Crippen LogP contribution in [0.15, 0.2) is 53.4 Å². The largest absolute Gasteiger partial charge is 0.372 e. The molecule has 0 saturated carbocycles. The minimum atomic E-state index is -3.76. The summed E-state index contributed by atoms with van der Waals surface area (Å²) in [5.74, 6) is -0.137. The maximum absolute atomic E-state index is 13.5. The third-order valence-electron chi connectivity index (χ3n) is 5.77. The van der Waals surface area contributed by atoms with Crippen LogP contribution in [0.4, 0.5) is 5.69 Å². The van der Waals surface area contributed by atoms with Crippen LogP contribution in [0.1, 0.15) is 45.0 Å². The van der Waals surface area contributed by atoms with E-state index in [4.69, 9.17) is 0 Å². The normalized spacial score (nSPS) is 19.8. The molecule has 0 bridgehead atoms. The van der Waals surface area contributed by atoms with Crippen LogP contribution in [-0.2, 0) is 14.8 Å². The molecule has 1 aliphatic rings. The molecule has 2 atom stereocenters. The Balaban J connectivity index is 2.05. The first-order chi connectivity index (χ1) is 14.2. The summed E-state index contributed by atoms with van der Waals surface area (Å²) in [6, 6.07) is 14.5. The van der Waals surface area contributed by atoms with Gasteiger partial charge in [0.1, 0.15) is 6.17 Å². The Morgan fingerprint density at radius 2 is 1.60 bits per heavy atom. The molecule has 1 saturated heterocycles. The zero-order chi connectivity index (χ0) is 22.1. The lowest BCUT2D eigenvalue weighted by Gasteiger charge is -2.31. The molecular weight excluding hydrogens is 398 g/mol. The summed E-state index contributed by atoms with van der Waals surface area (Å²) >= 11 is 0. The average molecular weight is 430 g/mol. The number of amides is 1. The number of carbonyl (C=O) groups excluding carboxylic acids is 1. The second kappa shape index (κ2) is 8.78. The van der Waals surface area contributed by atoms with E-state index in [1.165, 1.54) is 11.2 Å². The topological polar surface area (TPSA) is 60.9 Å². The Morgan fingerprint density at radius 3 is 2.10 bits per heavy atom. The SMILES string of the molecule is CCN(CC)c1ccc([C@H]2N(C(C)=O)[C@@H](C)CN2S(=O)(=O)c2ccc(C)cc2)cc1. The van der Waals surface area contributed by atoms with Crippen molar-refractivity contribution in [1.82, 2.24) is 9.21 Å². The molecule has 0 radical (unpaired) electrons. The van der Waals surface area contributed by atoms with Gasteiger partial charge in [0.25, 0.3) is 0 Å². The summed E-state index contributed by atoms with van der Waals surface area (Å²) in [4.78, 5) is 16.6. The number of hydrogen-bond acceptors (Lipinski definition) is 4. The molecule has 0 spiro atoms. The van der Waals surface area contributed by atoms with Crippen molar-refractivity contribution in [2.75, 3.05) is 24.5 Å². The molecule has 0 N–H and O–H groups in total. The first-order valence-electron chi connectivity index (χ1n) is 10.4. The lowest BCUT2D eigenvalue weighted by atomic mass is 10.1. The fourth-order valence-corrected chi connectivity index (χ4v) is 5.81. The van der Waals surface area contributed by atoms with E-state index in [-0.39, 0.29) is 23.4 Å². The van der Waals surface area contributed by atoms with Crippen molar-refractivity contribution in [2.24, 2.45) is 0 Å². The van der Waals surface area contributed by atoms with Crippen LogP contribution in [0.2, 0.25) is 0 Å². The van der Waals surface area contributed by atoms with Crippen LogP contribution < -0.4 is 4.90 Å². The predicted molar refractivity (Wildman–Crippen MR) is 120 cm³/mol. The molecule has 162 valence electrons. The summed E-state index contributed by atoms with van der Waals surface area (Å²) in [6.07, 6.45) is -0.658. The minimum Gasteiger partial charge on any atom is -0.372 e. The van der Waals surface area contributed by atoms with Gasteiger partial charge < -0.3 is 9.80 Å². The summed E-state index contributed by atoms with van der Waals surface area (Å²) in [5.41, 5.74) is 2.87. The van der Waals surface area contributed by atoms with E-state index in [2.05, 4.69) is 18.7 Å². The fraction of sp³-hybridized carbons (Fsp3) is 0.435. The van der Waals surface area contributed by atoms with Gasteiger partial charge in [0.2, 0.25) is 15.9 Å². The molecule has 1 aliphatic heterocycles. The molecule has 1 fully saturated rings. The number of nitrogens with zero attached hydrogens (tertiary/aromatic N) is 3. The van der Waals surface area contributed by atoms with Crippen molar-refractivity contribution in [3.05, 3.63) is 59.7 Å². The van der Waals surface area contributed by atoms with Gasteiger partial charge in [0, 0.05) is 38.3 Å². The van der Waals surface area contributed by atoms with E-state index in [0.29, 0.717) is 0 Å². The predicted octanol–water partition coefficient (Wildman–Crippen LogP) is 3.78. The van der Waals surface area contributed by atoms with Gasteiger partial charge in [-0.2, -0.15) is 4.31 Å². The first kappa shape index (κ1) is 22.3. The quantitative estimate of drug-likeness (QED) is 0.701. The Kier molecular flexibility index (Phi) is 6.53. The summed E-state index contributed by atoms with van der Waals surface area (Å²) in [7, 11) is -3.76. The highest BCUT2D eigenvalue weighted by Gasteiger charge is 2.46. The summed E-state index contributed by atoms with van der Waals surface area (Å²) in [5, 5.41) is 0. The van der Waals surface area contributed by atoms with Crippen molar-refractivity contribution in [3.63, 3.8) is 0 Å². The molecule has 2 aromatic rings. The summed E-state index contributed by atoms with van der Waals surface area (Å²) < 4.78 is 28.4. The van der Waals surface area contributed by atoms with Crippen LogP contribution in [-0.4, -0.2) is 49.2 Å². The second-order valence-corrected chi connectivity index (χ2v) is 9.69. The smallest absolute Gasteiger partial charge is 0.245 e. The van der Waals surface area contributed by atoms with Gasteiger partial charge in [-0.15, -0.1) is 0 Å². The van der Waals surface area contributed by atoms with E-state index in [9.17, 15) is 13.2 Å². The molecule has 6 nitrogen and oxygen atoms in total. The van der Waals surface area contributed by atoms with E-state index < -0.39 is 16.2 Å². The van der Waals surface area contributed by atoms with Crippen molar-refractivity contribution in [3.8, 4) is 0 Å². The second-order valence-electron chi connectivity index (χ2n) is 7.80. The lowest BCUT2D eigenvalue weighted by molar-refractivity contribution is -0.132. The average Bonchev–Trinajstić information content (AvgIpc) is 3.08. The molecule has 1 heterocycles. The molecule has 0 aliphatic carbocycles. The maximum Gasteiger partial charge on any atom is 0.245 e. The van der Waals surface area contributed by atoms with Crippen molar-refractivity contribution in [1.29, 1.82) is 0 Å². The van der Waals surface area contributed by atoms with Gasteiger partial charge in [0.15, 0.2) is 0 Å². The molecular formula is C23H31N3O3S. The van der Waals surface area contributed by atoms with E-state index >= 15 is 0 Å².